The molecule has 4 heteroatoms. The molecule has 0 radical (unpaired) electrons. The van der Waals surface area contributed by atoms with Crippen LogP contribution >= 0.6 is 0 Å². The van der Waals surface area contributed by atoms with E-state index in [4.69, 9.17) is 10.5 Å². The van der Waals surface area contributed by atoms with Gasteiger partial charge in [0, 0.05) is 24.6 Å². The van der Waals surface area contributed by atoms with Crippen molar-refractivity contribution in [2.24, 2.45) is 0 Å². The monoisotopic (exact) mass is 195 g/mol. The maximum Gasteiger partial charge on any atom is 0.122 e. The van der Waals surface area contributed by atoms with Gasteiger partial charge in [-0.25, -0.2) is 4.68 Å². The molecule has 0 spiro atoms. The highest BCUT2D eigenvalue weighted by molar-refractivity contribution is 5.33. The van der Waals surface area contributed by atoms with Crippen LogP contribution in [0.25, 0.3) is 0 Å². The lowest BCUT2D eigenvalue weighted by molar-refractivity contribution is 0.193. The van der Waals surface area contributed by atoms with E-state index in [-0.39, 0.29) is 0 Å². The fourth-order valence-corrected chi connectivity index (χ4v) is 1.81. The number of nitrogen functional groups attached to an aromatic ring is 1. The summed E-state index contributed by atoms with van der Waals surface area (Å²) in [5.41, 5.74) is 6.95. The lowest BCUT2D eigenvalue weighted by atomic mass is 10.1. The van der Waals surface area contributed by atoms with Crippen molar-refractivity contribution in [1.82, 2.24) is 9.78 Å². The topological polar surface area (TPSA) is 53.1 Å². The number of nitrogens with zero attached hydrogens (tertiary/aromatic N) is 2. The van der Waals surface area contributed by atoms with Gasteiger partial charge in [-0.2, -0.15) is 5.10 Å². The molecular formula is C10H17N3O. The van der Waals surface area contributed by atoms with Crippen molar-refractivity contribution in [3.05, 3.63) is 11.8 Å². The number of anilines is 1. The third-order valence-electron chi connectivity index (χ3n) is 2.62. The standard InChI is InChI=1S/C10H17N3O/c1-7(2)13-10(11)5-9(12-13)8-3-4-14-6-8/h5,7-8H,3-4,6,11H2,1-2H3. The second kappa shape index (κ2) is 3.61. The molecule has 0 aliphatic carbocycles. The van der Waals surface area contributed by atoms with Gasteiger partial charge >= 0.3 is 0 Å². The molecule has 1 aliphatic heterocycles. The van der Waals surface area contributed by atoms with Gasteiger partial charge in [0.15, 0.2) is 0 Å². The van der Waals surface area contributed by atoms with E-state index in [0.29, 0.717) is 12.0 Å². The molecule has 1 atom stereocenters. The van der Waals surface area contributed by atoms with Crippen molar-refractivity contribution in [2.75, 3.05) is 18.9 Å². The van der Waals surface area contributed by atoms with Gasteiger partial charge in [0.05, 0.1) is 12.3 Å². The zero-order valence-electron chi connectivity index (χ0n) is 8.73. The summed E-state index contributed by atoms with van der Waals surface area (Å²) < 4.78 is 7.20. The zero-order valence-corrected chi connectivity index (χ0v) is 8.73. The zero-order chi connectivity index (χ0) is 10.1. The molecule has 78 valence electrons. The molecule has 1 aliphatic rings. The van der Waals surface area contributed by atoms with Crippen molar-refractivity contribution >= 4 is 5.82 Å². The van der Waals surface area contributed by atoms with E-state index in [1.165, 1.54) is 0 Å². The number of hydrogen-bond donors (Lipinski definition) is 1. The van der Waals surface area contributed by atoms with Gasteiger partial charge in [-0.3, -0.25) is 0 Å². The van der Waals surface area contributed by atoms with E-state index in [9.17, 15) is 0 Å². The molecule has 2 heterocycles. The molecule has 0 amide bonds. The Bertz CT molecular complexity index is 313. The Hall–Kier alpha value is -1.03. The van der Waals surface area contributed by atoms with Gasteiger partial charge in [-0.1, -0.05) is 0 Å². The van der Waals surface area contributed by atoms with Crippen LogP contribution in [0.4, 0.5) is 5.82 Å². The van der Waals surface area contributed by atoms with Crippen LogP contribution in [0, 0.1) is 0 Å². The molecule has 1 aromatic rings. The largest absolute Gasteiger partial charge is 0.384 e. The van der Waals surface area contributed by atoms with Crippen LogP contribution in [0.1, 0.15) is 37.9 Å². The minimum absolute atomic E-state index is 0.325. The van der Waals surface area contributed by atoms with E-state index in [1.807, 2.05) is 10.7 Å². The average molecular weight is 195 g/mol. The summed E-state index contributed by atoms with van der Waals surface area (Å²) in [4.78, 5) is 0. The number of hydrogen-bond acceptors (Lipinski definition) is 3. The molecule has 0 bridgehead atoms. The van der Waals surface area contributed by atoms with Crippen molar-refractivity contribution < 1.29 is 4.74 Å². The first-order valence-electron chi connectivity index (χ1n) is 5.11. The van der Waals surface area contributed by atoms with E-state index < -0.39 is 0 Å². The first-order chi connectivity index (χ1) is 6.68. The minimum atomic E-state index is 0.325. The van der Waals surface area contributed by atoms with E-state index >= 15 is 0 Å². The summed E-state index contributed by atoms with van der Waals surface area (Å²) in [6.45, 7) is 5.80. The third kappa shape index (κ3) is 1.62. The molecular weight excluding hydrogens is 178 g/mol. The number of nitrogens with two attached hydrogens (primary N) is 1. The Balaban J connectivity index is 2.22. The highest BCUT2D eigenvalue weighted by atomic mass is 16.5. The third-order valence-corrected chi connectivity index (χ3v) is 2.62. The van der Waals surface area contributed by atoms with Gasteiger partial charge in [0.1, 0.15) is 5.82 Å². The summed E-state index contributed by atoms with van der Waals surface area (Å²) >= 11 is 0. The highest BCUT2D eigenvalue weighted by Gasteiger charge is 2.21. The van der Waals surface area contributed by atoms with Crippen LogP contribution in [-0.2, 0) is 4.74 Å². The maximum absolute atomic E-state index is 5.87. The van der Waals surface area contributed by atoms with Crippen LogP contribution in [0.5, 0.6) is 0 Å². The normalized spacial score (nSPS) is 22.1. The second-order valence-electron chi connectivity index (χ2n) is 4.09. The fourth-order valence-electron chi connectivity index (χ4n) is 1.81. The van der Waals surface area contributed by atoms with Crippen LogP contribution in [0.15, 0.2) is 6.07 Å². The predicted octanol–water partition coefficient (Wildman–Crippen LogP) is 1.55. The molecule has 0 saturated carbocycles. The first kappa shape index (κ1) is 9.52. The maximum atomic E-state index is 5.87. The van der Waals surface area contributed by atoms with Gasteiger partial charge in [0.2, 0.25) is 0 Å². The fraction of sp³-hybridized carbons (Fsp3) is 0.700. The van der Waals surface area contributed by atoms with Crippen LogP contribution in [-0.4, -0.2) is 23.0 Å². The molecule has 1 fully saturated rings. The second-order valence-corrected chi connectivity index (χ2v) is 4.09. The smallest absolute Gasteiger partial charge is 0.122 e. The lowest BCUT2D eigenvalue weighted by Crippen LogP contribution is -2.07. The Kier molecular flexibility index (Phi) is 2.46. The van der Waals surface area contributed by atoms with Gasteiger partial charge < -0.3 is 10.5 Å². The molecule has 2 N–H and O–H groups in total. The number of rotatable bonds is 2. The highest BCUT2D eigenvalue weighted by Crippen LogP contribution is 2.26. The SMILES string of the molecule is CC(C)n1nc(C2CCOC2)cc1N. The summed E-state index contributed by atoms with van der Waals surface area (Å²) in [7, 11) is 0. The number of ether oxygens (including phenoxy) is 1. The molecule has 4 nitrogen and oxygen atoms in total. The van der Waals surface area contributed by atoms with Crippen molar-refractivity contribution in [3.8, 4) is 0 Å². The lowest BCUT2D eigenvalue weighted by Gasteiger charge is -2.07. The van der Waals surface area contributed by atoms with E-state index in [2.05, 4.69) is 18.9 Å². The van der Waals surface area contributed by atoms with Crippen LogP contribution in [0.2, 0.25) is 0 Å². The van der Waals surface area contributed by atoms with Crippen molar-refractivity contribution in [1.29, 1.82) is 0 Å². The number of aromatic nitrogens is 2. The van der Waals surface area contributed by atoms with E-state index in [1.54, 1.807) is 0 Å². The van der Waals surface area contributed by atoms with Gasteiger partial charge in [-0.15, -0.1) is 0 Å². The van der Waals surface area contributed by atoms with Crippen molar-refractivity contribution in [2.45, 2.75) is 32.2 Å². The summed E-state index contributed by atoms with van der Waals surface area (Å²) in [5, 5.41) is 4.50. The average Bonchev–Trinajstić information content (AvgIpc) is 2.70. The summed E-state index contributed by atoms with van der Waals surface area (Å²) in [6.07, 6.45) is 1.06. The Morgan fingerprint density at radius 2 is 2.43 bits per heavy atom. The Morgan fingerprint density at radius 1 is 1.64 bits per heavy atom. The molecule has 1 unspecified atom stereocenters. The first-order valence-corrected chi connectivity index (χ1v) is 5.11. The summed E-state index contributed by atoms with van der Waals surface area (Å²) in [5.74, 6) is 1.19. The predicted molar refractivity (Wildman–Crippen MR) is 55.2 cm³/mol. The van der Waals surface area contributed by atoms with E-state index in [0.717, 1.165) is 31.1 Å². The minimum Gasteiger partial charge on any atom is -0.384 e. The van der Waals surface area contributed by atoms with Gasteiger partial charge in [-0.05, 0) is 20.3 Å². The van der Waals surface area contributed by atoms with Crippen molar-refractivity contribution in [3.63, 3.8) is 0 Å². The summed E-state index contributed by atoms with van der Waals surface area (Å²) in [6, 6.07) is 2.30. The molecule has 0 aromatic carbocycles. The Labute approximate surface area is 84.0 Å². The molecule has 14 heavy (non-hydrogen) atoms. The van der Waals surface area contributed by atoms with Crippen LogP contribution < -0.4 is 5.73 Å². The van der Waals surface area contributed by atoms with Crippen LogP contribution in [0.3, 0.4) is 0 Å². The Morgan fingerprint density at radius 3 is 2.93 bits per heavy atom. The molecule has 1 aromatic heterocycles. The quantitative estimate of drug-likeness (QED) is 0.779. The molecule has 2 rings (SSSR count). The van der Waals surface area contributed by atoms with Gasteiger partial charge in [0.25, 0.3) is 0 Å². The molecule has 1 saturated heterocycles.